The lowest BCUT2D eigenvalue weighted by molar-refractivity contribution is -0.00697. The quantitative estimate of drug-likeness (QED) is 0.907. The van der Waals surface area contributed by atoms with Crippen LogP contribution in [0.5, 0.6) is 0 Å². The van der Waals surface area contributed by atoms with Crippen LogP contribution in [0, 0.1) is 5.82 Å². The highest BCUT2D eigenvalue weighted by molar-refractivity contribution is 5.94. The Morgan fingerprint density at radius 3 is 2.79 bits per heavy atom. The number of amides is 1. The fourth-order valence-electron chi connectivity index (χ4n) is 3.24. The number of hydrogen-bond donors (Lipinski definition) is 2. The Balaban J connectivity index is 1.87. The lowest BCUT2D eigenvalue weighted by Crippen LogP contribution is -2.42. The molecule has 2 N–H and O–H groups in total. The van der Waals surface area contributed by atoms with Crippen molar-refractivity contribution in [3.05, 3.63) is 52.6 Å². The van der Waals surface area contributed by atoms with Crippen LogP contribution in [-0.2, 0) is 16.7 Å². The number of fused-ring (bicyclic) bond motifs is 1. The van der Waals surface area contributed by atoms with Crippen molar-refractivity contribution in [3.8, 4) is 0 Å². The summed E-state index contributed by atoms with van der Waals surface area (Å²) in [4.78, 5) is 12.7. The van der Waals surface area contributed by atoms with Gasteiger partial charge in [-0.25, -0.2) is 4.39 Å². The van der Waals surface area contributed by atoms with E-state index in [0.29, 0.717) is 17.7 Å². The monoisotopic (exact) mass is 331 g/mol. The van der Waals surface area contributed by atoms with Gasteiger partial charge in [-0.15, -0.1) is 0 Å². The molecule has 0 saturated carbocycles. The standard InChI is InChI=1S/C18H22FN3O2/c1-10-9-12-15(11(2)24-10)21-22-16(12)17(23)20-18(3,4)13-7-5-6-8-14(13)19/h5-8,10-11H,9H2,1-4H3,(H,20,23)(H,21,22)/t10-,11+/m1/s1. The molecule has 2 atom stereocenters. The van der Waals surface area contributed by atoms with Gasteiger partial charge in [0.25, 0.3) is 5.91 Å². The number of benzene rings is 1. The molecule has 0 fully saturated rings. The molecule has 6 heteroatoms. The van der Waals surface area contributed by atoms with Crippen LogP contribution in [0.25, 0.3) is 0 Å². The van der Waals surface area contributed by atoms with Crippen molar-refractivity contribution in [1.82, 2.24) is 15.5 Å². The van der Waals surface area contributed by atoms with Gasteiger partial charge < -0.3 is 10.1 Å². The number of rotatable bonds is 3. The second kappa shape index (κ2) is 6.02. The van der Waals surface area contributed by atoms with Crippen molar-refractivity contribution in [3.63, 3.8) is 0 Å². The normalized spacial score (nSPS) is 20.5. The molecular weight excluding hydrogens is 309 g/mol. The van der Waals surface area contributed by atoms with Crippen LogP contribution in [0.4, 0.5) is 4.39 Å². The number of H-pyrrole nitrogens is 1. The number of carbonyl (C=O) groups is 1. The van der Waals surface area contributed by atoms with E-state index >= 15 is 0 Å². The van der Waals surface area contributed by atoms with Crippen LogP contribution in [-0.4, -0.2) is 22.2 Å². The Kier molecular flexibility index (Phi) is 4.17. The first-order valence-electron chi connectivity index (χ1n) is 8.09. The summed E-state index contributed by atoms with van der Waals surface area (Å²) < 4.78 is 19.8. The summed E-state index contributed by atoms with van der Waals surface area (Å²) in [5, 5.41) is 9.97. The Morgan fingerprint density at radius 2 is 2.08 bits per heavy atom. The lowest BCUT2D eigenvalue weighted by Gasteiger charge is -2.28. The Morgan fingerprint density at radius 1 is 1.38 bits per heavy atom. The molecule has 1 amide bonds. The maximum atomic E-state index is 14.1. The molecule has 1 aromatic heterocycles. The number of halogens is 1. The van der Waals surface area contributed by atoms with E-state index in [1.165, 1.54) is 6.07 Å². The van der Waals surface area contributed by atoms with Crippen molar-refractivity contribution in [2.45, 2.75) is 51.9 Å². The van der Waals surface area contributed by atoms with Gasteiger partial charge in [0, 0.05) is 17.5 Å². The van der Waals surface area contributed by atoms with Crippen LogP contribution < -0.4 is 5.32 Å². The summed E-state index contributed by atoms with van der Waals surface area (Å²) in [6.07, 6.45) is 0.521. The third kappa shape index (κ3) is 2.94. The van der Waals surface area contributed by atoms with Crippen LogP contribution in [0.3, 0.4) is 0 Å². The maximum absolute atomic E-state index is 14.1. The molecule has 1 aliphatic rings. The highest BCUT2D eigenvalue weighted by Gasteiger charge is 2.32. The number of aromatic amines is 1. The van der Waals surface area contributed by atoms with Gasteiger partial charge in [0.15, 0.2) is 5.69 Å². The summed E-state index contributed by atoms with van der Waals surface area (Å²) in [5.41, 5.74) is 1.66. The minimum atomic E-state index is -0.851. The van der Waals surface area contributed by atoms with Crippen LogP contribution in [0.15, 0.2) is 24.3 Å². The van der Waals surface area contributed by atoms with E-state index in [0.717, 1.165) is 11.3 Å². The Hall–Kier alpha value is -2.21. The molecule has 2 heterocycles. The van der Waals surface area contributed by atoms with Gasteiger partial charge in [-0.2, -0.15) is 5.10 Å². The number of ether oxygens (including phenoxy) is 1. The van der Waals surface area contributed by atoms with Crippen molar-refractivity contribution in [2.75, 3.05) is 0 Å². The Bertz CT molecular complexity index is 769. The summed E-state index contributed by atoms with van der Waals surface area (Å²) in [6, 6.07) is 6.45. The number of nitrogens with zero attached hydrogens (tertiary/aromatic N) is 1. The maximum Gasteiger partial charge on any atom is 0.272 e. The van der Waals surface area contributed by atoms with Crippen LogP contribution in [0.1, 0.15) is 61.1 Å². The number of carbonyl (C=O) groups excluding carboxylic acids is 1. The molecule has 128 valence electrons. The highest BCUT2D eigenvalue weighted by Crippen LogP contribution is 2.31. The van der Waals surface area contributed by atoms with Gasteiger partial charge in [0.2, 0.25) is 0 Å². The SMILES string of the molecule is C[C@@H]1Cc2c(C(=O)NC(C)(C)c3ccccc3F)n[nH]c2[C@H](C)O1. The first-order chi connectivity index (χ1) is 11.3. The van der Waals surface area contributed by atoms with E-state index in [4.69, 9.17) is 4.74 Å². The molecule has 3 rings (SSSR count). The first-order valence-corrected chi connectivity index (χ1v) is 8.09. The molecule has 5 nitrogen and oxygen atoms in total. The molecule has 0 aliphatic carbocycles. The van der Waals surface area contributed by atoms with Gasteiger partial charge in [0.1, 0.15) is 5.82 Å². The van der Waals surface area contributed by atoms with Crippen LogP contribution >= 0.6 is 0 Å². The van der Waals surface area contributed by atoms with E-state index in [9.17, 15) is 9.18 Å². The summed E-state index contributed by atoms with van der Waals surface area (Å²) >= 11 is 0. The molecule has 0 unspecified atom stereocenters. The topological polar surface area (TPSA) is 67.0 Å². The summed E-state index contributed by atoms with van der Waals surface area (Å²) in [5.74, 6) is -0.662. The fourth-order valence-corrected chi connectivity index (χ4v) is 3.24. The smallest absolute Gasteiger partial charge is 0.272 e. The molecule has 0 saturated heterocycles. The third-order valence-electron chi connectivity index (χ3n) is 4.42. The van der Waals surface area contributed by atoms with E-state index in [1.807, 2.05) is 13.8 Å². The molecule has 1 aliphatic heterocycles. The zero-order valence-electron chi connectivity index (χ0n) is 14.3. The molecule has 24 heavy (non-hydrogen) atoms. The molecule has 0 bridgehead atoms. The lowest BCUT2D eigenvalue weighted by atomic mass is 9.93. The van der Waals surface area contributed by atoms with Gasteiger partial charge in [-0.1, -0.05) is 18.2 Å². The molecule has 1 aromatic carbocycles. The van der Waals surface area contributed by atoms with Crippen molar-refractivity contribution >= 4 is 5.91 Å². The average molecular weight is 331 g/mol. The third-order valence-corrected chi connectivity index (χ3v) is 4.42. The van der Waals surface area contributed by atoms with Gasteiger partial charge in [-0.3, -0.25) is 9.89 Å². The largest absolute Gasteiger partial charge is 0.369 e. The highest BCUT2D eigenvalue weighted by atomic mass is 19.1. The second-order valence-electron chi connectivity index (χ2n) is 6.82. The molecule has 0 spiro atoms. The first kappa shape index (κ1) is 16.6. The second-order valence-corrected chi connectivity index (χ2v) is 6.82. The number of nitrogens with one attached hydrogen (secondary N) is 2. The van der Waals surface area contributed by atoms with E-state index in [1.54, 1.807) is 32.0 Å². The van der Waals surface area contributed by atoms with Crippen molar-refractivity contribution in [2.24, 2.45) is 0 Å². The van der Waals surface area contributed by atoms with Gasteiger partial charge >= 0.3 is 0 Å². The average Bonchev–Trinajstić information content (AvgIpc) is 2.91. The van der Waals surface area contributed by atoms with E-state index in [-0.39, 0.29) is 23.9 Å². The minimum absolute atomic E-state index is 0.0243. The summed E-state index contributed by atoms with van der Waals surface area (Å²) in [7, 11) is 0. The zero-order chi connectivity index (χ0) is 17.5. The Labute approximate surface area is 140 Å². The zero-order valence-corrected chi connectivity index (χ0v) is 14.3. The fraction of sp³-hybridized carbons (Fsp3) is 0.444. The van der Waals surface area contributed by atoms with E-state index < -0.39 is 5.54 Å². The number of aromatic nitrogens is 2. The van der Waals surface area contributed by atoms with Gasteiger partial charge in [-0.05, 0) is 33.8 Å². The van der Waals surface area contributed by atoms with Crippen LogP contribution in [0.2, 0.25) is 0 Å². The van der Waals surface area contributed by atoms with E-state index in [2.05, 4.69) is 15.5 Å². The molecule has 0 radical (unpaired) electrons. The molecular formula is C18H22FN3O2. The number of hydrogen-bond acceptors (Lipinski definition) is 3. The predicted molar refractivity (Wildman–Crippen MR) is 88.1 cm³/mol. The van der Waals surface area contributed by atoms with Crippen molar-refractivity contribution in [1.29, 1.82) is 0 Å². The van der Waals surface area contributed by atoms with Gasteiger partial charge in [0.05, 0.1) is 23.4 Å². The van der Waals surface area contributed by atoms with Crippen molar-refractivity contribution < 1.29 is 13.9 Å². The molecule has 2 aromatic rings. The minimum Gasteiger partial charge on any atom is -0.369 e. The predicted octanol–water partition coefficient (Wildman–Crippen LogP) is 3.24. The summed E-state index contributed by atoms with van der Waals surface area (Å²) in [6.45, 7) is 7.45.